The van der Waals surface area contributed by atoms with Gasteiger partial charge >= 0.3 is 0 Å². The first-order valence-corrected chi connectivity index (χ1v) is 8.42. The molecule has 0 aliphatic carbocycles. The zero-order valence-corrected chi connectivity index (χ0v) is 13.6. The summed E-state index contributed by atoms with van der Waals surface area (Å²) in [5.74, 6) is 0.206. The number of carbonyl (C=O) groups excluding carboxylic acids is 1. The summed E-state index contributed by atoms with van der Waals surface area (Å²) in [5.41, 5.74) is 0. The van der Waals surface area contributed by atoms with Crippen LogP contribution in [-0.2, 0) is 9.53 Å². The highest BCUT2D eigenvalue weighted by atomic mass is 16.5. The average molecular weight is 295 g/mol. The van der Waals surface area contributed by atoms with Crippen molar-refractivity contribution in [2.75, 3.05) is 39.8 Å². The highest BCUT2D eigenvalue weighted by molar-refractivity contribution is 5.81. The van der Waals surface area contributed by atoms with E-state index in [4.69, 9.17) is 4.74 Å². The normalized spacial score (nSPS) is 35.2. The molecule has 0 saturated carbocycles. The summed E-state index contributed by atoms with van der Waals surface area (Å²) in [5, 5.41) is 0. The van der Waals surface area contributed by atoms with Gasteiger partial charge in [-0.25, -0.2) is 0 Å². The molecule has 0 spiro atoms. The lowest BCUT2D eigenvalue weighted by Gasteiger charge is -2.35. The average Bonchev–Trinajstić information content (AvgIpc) is 2.73. The monoisotopic (exact) mass is 295 g/mol. The van der Waals surface area contributed by atoms with Gasteiger partial charge in [-0.15, -0.1) is 0 Å². The molecule has 3 saturated heterocycles. The second-order valence-electron chi connectivity index (χ2n) is 7.12. The number of morpholine rings is 1. The summed E-state index contributed by atoms with van der Waals surface area (Å²) in [6.07, 6.45) is 3.39. The van der Waals surface area contributed by atoms with E-state index in [1.165, 1.54) is 12.8 Å². The molecule has 5 nitrogen and oxygen atoms in total. The summed E-state index contributed by atoms with van der Waals surface area (Å²) in [4.78, 5) is 19.7. The molecule has 0 aromatic carbocycles. The molecule has 0 unspecified atom stereocenters. The number of hydrogen-bond donors (Lipinski definition) is 0. The van der Waals surface area contributed by atoms with Crippen LogP contribution in [0.25, 0.3) is 0 Å². The Morgan fingerprint density at radius 1 is 1.10 bits per heavy atom. The molecule has 3 heterocycles. The first-order valence-electron chi connectivity index (χ1n) is 8.42. The second-order valence-corrected chi connectivity index (χ2v) is 7.12. The Hall–Kier alpha value is -0.650. The predicted molar refractivity (Wildman–Crippen MR) is 82.2 cm³/mol. The number of rotatable bonds is 2. The maximum atomic E-state index is 12.8. The van der Waals surface area contributed by atoms with E-state index in [1.54, 1.807) is 0 Å². The van der Waals surface area contributed by atoms with Gasteiger partial charge in [-0.3, -0.25) is 9.69 Å². The molecule has 3 rings (SSSR count). The van der Waals surface area contributed by atoms with Crippen molar-refractivity contribution in [3.05, 3.63) is 0 Å². The largest absolute Gasteiger partial charge is 0.366 e. The van der Waals surface area contributed by atoms with Crippen molar-refractivity contribution in [2.45, 2.75) is 57.3 Å². The van der Waals surface area contributed by atoms with Crippen LogP contribution in [0.3, 0.4) is 0 Å². The number of likely N-dealkylation sites (N-methyl/N-ethyl adjacent to an activating group) is 1. The zero-order chi connectivity index (χ0) is 15.0. The second kappa shape index (κ2) is 6.23. The zero-order valence-electron chi connectivity index (χ0n) is 13.6. The van der Waals surface area contributed by atoms with E-state index in [0.29, 0.717) is 24.7 Å². The predicted octanol–water partition coefficient (Wildman–Crippen LogP) is 0.791. The lowest BCUT2D eigenvalue weighted by Crippen LogP contribution is -2.52. The molecular weight excluding hydrogens is 266 g/mol. The Kier molecular flexibility index (Phi) is 4.52. The van der Waals surface area contributed by atoms with Gasteiger partial charge in [-0.05, 0) is 40.2 Å². The summed E-state index contributed by atoms with van der Waals surface area (Å²) >= 11 is 0. The van der Waals surface area contributed by atoms with Crippen molar-refractivity contribution < 1.29 is 9.53 Å². The molecule has 120 valence electrons. The van der Waals surface area contributed by atoms with Gasteiger partial charge in [0.05, 0.1) is 6.61 Å². The van der Waals surface area contributed by atoms with Crippen LogP contribution < -0.4 is 0 Å². The smallest absolute Gasteiger partial charge is 0.253 e. The van der Waals surface area contributed by atoms with Crippen LogP contribution in [0.4, 0.5) is 0 Å². The molecular formula is C16H29N3O2. The Morgan fingerprint density at radius 2 is 1.86 bits per heavy atom. The fraction of sp³-hybridized carbons (Fsp3) is 0.938. The van der Waals surface area contributed by atoms with Gasteiger partial charge in [-0.2, -0.15) is 0 Å². The first-order chi connectivity index (χ1) is 10.1. The number of hydrogen-bond acceptors (Lipinski definition) is 4. The van der Waals surface area contributed by atoms with Crippen LogP contribution in [0.5, 0.6) is 0 Å². The summed E-state index contributed by atoms with van der Waals surface area (Å²) in [6.45, 7) is 8.67. The van der Waals surface area contributed by atoms with E-state index >= 15 is 0 Å². The number of ether oxygens (including phenoxy) is 1. The number of carbonyl (C=O) groups is 1. The lowest BCUT2D eigenvalue weighted by atomic mass is 10.1. The molecule has 3 atom stereocenters. The highest BCUT2D eigenvalue weighted by Crippen LogP contribution is 2.32. The highest BCUT2D eigenvalue weighted by Gasteiger charge is 2.41. The summed E-state index contributed by atoms with van der Waals surface area (Å²) in [7, 11) is 2.06. The maximum absolute atomic E-state index is 12.8. The molecule has 21 heavy (non-hydrogen) atoms. The molecule has 0 aromatic heterocycles. The molecule has 0 N–H and O–H groups in total. The van der Waals surface area contributed by atoms with Crippen LogP contribution in [-0.4, -0.2) is 84.7 Å². The van der Waals surface area contributed by atoms with Crippen molar-refractivity contribution in [3.63, 3.8) is 0 Å². The molecule has 0 radical (unpaired) electrons. The fourth-order valence-corrected chi connectivity index (χ4v) is 4.28. The standard InChI is InChI=1S/C16H29N3O2/c1-12(2)19-13-4-5-14(19)10-18(7-6-13)16(20)15-11-17(3)8-9-21-15/h12-15H,4-11H2,1-3H3/t13-,14-,15+/m0/s1. The van der Waals surface area contributed by atoms with E-state index in [2.05, 4.69) is 35.6 Å². The summed E-state index contributed by atoms with van der Waals surface area (Å²) in [6, 6.07) is 1.79. The van der Waals surface area contributed by atoms with Crippen molar-refractivity contribution in [2.24, 2.45) is 0 Å². The topological polar surface area (TPSA) is 36.0 Å². The number of likely N-dealkylation sites (tertiary alicyclic amines) is 1. The van der Waals surface area contributed by atoms with E-state index in [1.807, 2.05) is 0 Å². The Balaban J connectivity index is 1.66. The molecule has 3 aliphatic rings. The molecule has 0 aromatic rings. The fourth-order valence-electron chi connectivity index (χ4n) is 4.28. The minimum atomic E-state index is -0.257. The Morgan fingerprint density at radius 3 is 2.57 bits per heavy atom. The van der Waals surface area contributed by atoms with E-state index in [0.717, 1.165) is 32.6 Å². The molecule has 5 heteroatoms. The third-order valence-corrected chi connectivity index (χ3v) is 5.29. The quantitative estimate of drug-likeness (QED) is 0.755. The SMILES string of the molecule is CC(C)N1[C@H]2CC[C@H]1CN(C(=O)[C@H]1CN(C)CCO1)CC2. The van der Waals surface area contributed by atoms with Crippen LogP contribution in [0, 0.1) is 0 Å². The van der Waals surface area contributed by atoms with E-state index in [-0.39, 0.29) is 12.0 Å². The van der Waals surface area contributed by atoms with Crippen molar-refractivity contribution in [1.82, 2.24) is 14.7 Å². The van der Waals surface area contributed by atoms with Gasteiger partial charge in [0.15, 0.2) is 0 Å². The van der Waals surface area contributed by atoms with Crippen LogP contribution in [0.1, 0.15) is 33.1 Å². The van der Waals surface area contributed by atoms with Gasteiger partial charge in [0.1, 0.15) is 6.10 Å². The number of amides is 1. The van der Waals surface area contributed by atoms with Gasteiger partial charge in [-0.1, -0.05) is 0 Å². The molecule has 3 fully saturated rings. The van der Waals surface area contributed by atoms with Gasteiger partial charge in [0.25, 0.3) is 5.91 Å². The van der Waals surface area contributed by atoms with Crippen LogP contribution in [0.2, 0.25) is 0 Å². The third kappa shape index (κ3) is 3.10. The van der Waals surface area contributed by atoms with Crippen molar-refractivity contribution >= 4 is 5.91 Å². The van der Waals surface area contributed by atoms with Crippen LogP contribution >= 0.6 is 0 Å². The number of fused-ring (bicyclic) bond motifs is 2. The molecule has 1 amide bonds. The van der Waals surface area contributed by atoms with Gasteiger partial charge in [0.2, 0.25) is 0 Å². The molecule has 3 aliphatic heterocycles. The Labute approximate surface area is 128 Å². The number of nitrogens with zero attached hydrogens (tertiary/aromatic N) is 3. The van der Waals surface area contributed by atoms with Gasteiger partial charge in [0, 0.05) is 44.3 Å². The van der Waals surface area contributed by atoms with Gasteiger partial charge < -0.3 is 14.5 Å². The lowest BCUT2D eigenvalue weighted by molar-refractivity contribution is -0.149. The minimum Gasteiger partial charge on any atom is -0.366 e. The summed E-state index contributed by atoms with van der Waals surface area (Å²) < 4.78 is 5.71. The third-order valence-electron chi connectivity index (χ3n) is 5.29. The Bertz CT molecular complexity index is 388. The van der Waals surface area contributed by atoms with Crippen molar-refractivity contribution in [1.29, 1.82) is 0 Å². The van der Waals surface area contributed by atoms with E-state index < -0.39 is 0 Å². The maximum Gasteiger partial charge on any atom is 0.253 e. The van der Waals surface area contributed by atoms with Crippen molar-refractivity contribution in [3.8, 4) is 0 Å². The molecule has 2 bridgehead atoms. The minimum absolute atomic E-state index is 0.206. The van der Waals surface area contributed by atoms with E-state index in [9.17, 15) is 4.79 Å². The first kappa shape index (κ1) is 15.3. The van der Waals surface area contributed by atoms with Crippen LogP contribution in [0.15, 0.2) is 0 Å².